The zero-order valence-electron chi connectivity index (χ0n) is 10.3. The molecule has 5 heteroatoms. The molecule has 92 valence electrons. The quantitative estimate of drug-likeness (QED) is 0.843. The minimum atomic E-state index is -0.238. The van der Waals surface area contributed by atoms with Gasteiger partial charge in [-0.15, -0.1) is 0 Å². The number of anilines is 2. The highest BCUT2D eigenvalue weighted by molar-refractivity contribution is 6.05. The molecule has 2 aromatic rings. The molecule has 1 amide bonds. The van der Waals surface area contributed by atoms with Crippen molar-refractivity contribution < 1.29 is 4.79 Å². The molecule has 0 aliphatic rings. The van der Waals surface area contributed by atoms with Crippen molar-refractivity contribution in [2.45, 2.75) is 13.8 Å². The lowest BCUT2D eigenvalue weighted by atomic mass is 10.2. The average molecular weight is 242 g/mol. The van der Waals surface area contributed by atoms with E-state index in [4.69, 9.17) is 5.73 Å². The highest BCUT2D eigenvalue weighted by Gasteiger charge is 2.10. The van der Waals surface area contributed by atoms with Gasteiger partial charge in [0, 0.05) is 5.69 Å². The summed E-state index contributed by atoms with van der Waals surface area (Å²) < 4.78 is 0. The molecule has 0 radical (unpaired) electrons. The molecule has 0 atom stereocenters. The van der Waals surface area contributed by atoms with Crippen molar-refractivity contribution in [1.29, 1.82) is 0 Å². The van der Waals surface area contributed by atoms with Gasteiger partial charge in [-0.25, -0.2) is 0 Å². The molecule has 0 aliphatic heterocycles. The van der Waals surface area contributed by atoms with Crippen LogP contribution in [0.4, 0.5) is 11.4 Å². The van der Waals surface area contributed by atoms with E-state index < -0.39 is 0 Å². The fourth-order valence-corrected chi connectivity index (χ4v) is 1.52. The Hall–Kier alpha value is -2.43. The monoisotopic (exact) mass is 242 g/mol. The highest BCUT2D eigenvalue weighted by atomic mass is 16.1. The third kappa shape index (κ3) is 2.63. The van der Waals surface area contributed by atoms with Gasteiger partial charge in [0.1, 0.15) is 0 Å². The third-order valence-corrected chi connectivity index (χ3v) is 2.52. The lowest BCUT2D eigenvalue weighted by Crippen LogP contribution is -2.14. The van der Waals surface area contributed by atoms with Crippen molar-refractivity contribution in [1.82, 2.24) is 9.97 Å². The Morgan fingerprint density at radius 1 is 1.22 bits per heavy atom. The number of carbonyl (C=O) groups excluding carboxylic acids is 1. The fraction of sp³-hybridized carbons (Fsp3) is 0.154. The SMILES string of the molecule is Cc1ccc(NC(=O)c2cc(N)cnc2C)cn1. The Morgan fingerprint density at radius 3 is 2.67 bits per heavy atom. The number of hydrogen-bond acceptors (Lipinski definition) is 4. The summed E-state index contributed by atoms with van der Waals surface area (Å²) >= 11 is 0. The van der Waals surface area contributed by atoms with Crippen molar-refractivity contribution >= 4 is 17.3 Å². The van der Waals surface area contributed by atoms with Crippen molar-refractivity contribution in [3.63, 3.8) is 0 Å². The van der Waals surface area contributed by atoms with E-state index in [9.17, 15) is 4.79 Å². The molecular formula is C13H14N4O. The topological polar surface area (TPSA) is 80.9 Å². The van der Waals surface area contributed by atoms with E-state index in [-0.39, 0.29) is 5.91 Å². The van der Waals surface area contributed by atoms with Gasteiger partial charge in [-0.3, -0.25) is 14.8 Å². The molecule has 2 rings (SSSR count). The average Bonchev–Trinajstić information content (AvgIpc) is 2.35. The molecule has 0 saturated carbocycles. The number of aryl methyl sites for hydroxylation is 2. The first kappa shape index (κ1) is 12.0. The summed E-state index contributed by atoms with van der Waals surface area (Å²) in [6.45, 7) is 3.65. The van der Waals surface area contributed by atoms with Crippen molar-refractivity contribution in [3.05, 3.63) is 47.5 Å². The van der Waals surface area contributed by atoms with Crippen molar-refractivity contribution in [2.24, 2.45) is 0 Å². The minimum Gasteiger partial charge on any atom is -0.397 e. The molecule has 0 aliphatic carbocycles. The Bertz CT molecular complexity index is 578. The van der Waals surface area contributed by atoms with E-state index in [1.807, 2.05) is 13.0 Å². The van der Waals surface area contributed by atoms with Gasteiger partial charge in [-0.2, -0.15) is 0 Å². The van der Waals surface area contributed by atoms with Gasteiger partial charge in [0.2, 0.25) is 0 Å². The third-order valence-electron chi connectivity index (χ3n) is 2.52. The second-order valence-corrected chi connectivity index (χ2v) is 4.04. The normalized spacial score (nSPS) is 10.1. The lowest BCUT2D eigenvalue weighted by molar-refractivity contribution is 0.102. The lowest BCUT2D eigenvalue weighted by Gasteiger charge is -2.07. The number of nitrogens with two attached hydrogens (primary N) is 1. The summed E-state index contributed by atoms with van der Waals surface area (Å²) in [7, 11) is 0. The second-order valence-electron chi connectivity index (χ2n) is 4.04. The van der Waals surface area contributed by atoms with Gasteiger partial charge in [-0.1, -0.05) is 0 Å². The van der Waals surface area contributed by atoms with E-state index >= 15 is 0 Å². The molecule has 0 spiro atoms. The first-order valence-electron chi connectivity index (χ1n) is 5.52. The van der Waals surface area contributed by atoms with E-state index in [2.05, 4.69) is 15.3 Å². The summed E-state index contributed by atoms with van der Waals surface area (Å²) in [6.07, 6.45) is 3.14. The second kappa shape index (κ2) is 4.83. The van der Waals surface area contributed by atoms with Crippen LogP contribution in [0.25, 0.3) is 0 Å². The number of rotatable bonds is 2. The van der Waals surface area contributed by atoms with Gasteiger partial charge in [0.05, 0.1) is 35.0 Å². The molecule has 5 nitrogen and oxygen atoms in total. The zero-order valence-corrected chi connectivity index (χ0v) is 10.3. The van der Waals surface area contributed by atoms with Gasteiger partial charge in [0.15, 0.2) is 0 Å². The molecule has 2 heterocycles. The summed E-state index contributed by atoms with van der Waals surface area (Å²) in [4.78, 5) is 20.2. The molecule has 2 aromatic heterocycles. The summed E-state index contributed by atoms with van der Waals surface area (Å²) in [6, 6.07) is 5.24. The van der Waals surface area contributed by atoms with Crippen LogP contribution >= 0.6 is 0 Å². The molecule has 0 unspecified atom stereocenters. The molecular weight excluding hydrogens is 228 g/mol. The maximum absolute atomic E-state index is 12.0. The van der Waals surface area contributed by atoms with E-state index in [1.54, 1.807) is 25.3 Å². The van der Waals surface area contributed by atoms with E-state index in [0.29, 0.717) is 22.6 Å². The number of nitrogen functional groups attached to an aromatic ring is 1. The van der Waals surface area contributed by atoms with Crippen LogP contribution < -0.4 is 11.1 Å². The fourth-order valence-electron chi connectivity index (χ4n) is 1.52. The Balaban J connectivity index is 2.21. The van der Waals surface area contributed by atoms with Gasteiger partial charge >= 0.3 is 0 Å². The van der Waals surface area contributed by atoms with Crippen molar-refractivity contribution in [2.75, 3.05) is 11.1 Å². The Labute approximate surface area is 105 Å². The first-order chi connectivity index (χ1) is 8.56. The number of amides is 1. The molecule has 0 fully saturated rings. The number of carbonyl (C=O) groups is 1. The molecule has 0 aromatic carbocycles. The predicted molar refractivity (Wildman–Crippen MR) is 70.3 cm³/mol. The predicted octanol–water partition coefficient (Wildman–Crippen LogP) is 1.93. The van der Waals surface area contributed by atoms with Crippen LogP contribution in [0.2, 0.25) is 0 Å². The van der Waals surface area contributed by atoms with Gasteiger partial charge < -0.3 is 11.1 Å². The zero-order chi connectivity index (χ0) is 13.1. The standard InChI is InChI=1S/C13H14N4O/c1-8-3-4-11(7-15-8)17-13(18)12-5-10(14)6-16-9(12)2/h3-7H,14H2,1-2H3,(H,17,18). The highest BCUT2D eigenvalue weighted by Crippen LogP contribution is 2.13. The van der Waals surface area contributed by atoms with Gasteiger partial charge in [0.25, 0.3) is 5.91 Å². The van der Waals surface area contributed by atoms with Crippen LogP contribution in [0.5, 0.6) is 0 Å². The van der Waals surface area contributed by atoms with Crippen LogP contribution in [0.3, 0.4) is 0 Å². The Kier molecular flexibility index (Phi) is 3.23. The minimum absolute atomic E-state index is 0.238. The molecule has 18 heavy (non-hydrogen) atoms. The maximum Gasteiger partial charge on any atom is 0.257 e. The summed E-state index contributed by atoms with van der Waals surface area (Å²) in [5.74, 6) is -0.238. The number of pyridine rings is 2. The molecule has 0 saturated heterocycles. The van der Waals surface area contributed by atoms with Gasteiger partial charge in [-0.05, 0) is 32.0 Å². The summed E-state index contributed by atoms with van der Waals surface area (Å²) in [5, 5.41) is 2.76. The van der Waals surface area contributed by atoms with E-state index in [1.165, 1.54) is 6.20 Å². The summed E-state index contributed by atoms with van der Waals surface area (Å²) in [5.41, 5.74) is 8.74. The maximum atomic E-state index is 12.0. The smallest absolute Gasteiger partial charge is 0.257 e. The van der Waals surface area contributed by atoms with Crippen LogP contribution in [-0.2, 0) is 0 Å². The number of nitrogens with one attached hydrogen (secondary N) is 1. The van der Waals surface area contributed by atoms with Crippen molar-refractivity contribution in [3.8, 4) is 0 Å². The first-order valence-corrected chi connectivity index (χ1v) is 5.52. The number of nitrogens with zero attached hydrogens (tertiary/aromatic N) is 2. The number of aromatic nitrogens is 2. The largest absolute Gasteiger partial charge is 0.397 e. The number of hydrogen-bond donors (Lipinski definition) is 2. The van der Waals surface area contributed by atoms with Crippen LogP contribution in [0, 0.1) is 13.8 Å². The Morgan fingerprint density at radius 2 is 2.00 bits per heavy atom. The molecule has 3 N–H and O–H groups in total. The molecule has 0 bridgehead atoms. The van der Waals surface area contributed by atoms with E-state index in [0.717, 1.165) is 5.69 Å². The van der Waals surface area contributed by atoms with Crippen LogP contribution in [-0.4, -0.2) is 15.9 Å². The van der Waals surface area contributed by atoms with Crippen LogP contribution in [0.1, 0.15) is 21.7 Å². The van der Waals surface area contributed by atoms with Crippen LogP contribution in [0.15, 0.2) is 30.6 Å².